The molecular formula is C22H24N6. The van der Waals surface area contributed by atoms with Gasteiger partial charge in [0, 0.05) is 42.7 Å². The van der Waals surface area contributed by atoms with E-state index in [0.717, 1.165) is 28.4 Å². The van der Waals surface area contributed by atoms with Crippen molar-refractivity contribution in [3.05, 3.63) is 65.5 Å². The van der Waals surface area contributed by atoms with Crippen molar-refractivity contribution in [1.29, 1.82) is 0 Å². The summed E-state index contributed by atoms with van der Waals surface area (Å²) in [4.78, 5) is 11.1. The van der Waals surface area contributed by atoms with E-state index in [0.29, 0.717) is 5.95 Å². The van der Waals surface area contributed by atoms with Crippen LogP contribution in [0.1, 0.15) is 16.8 Å². The molecule has 0 saturated heterocycles. The molecule has 1 N–H and O–H groups in total. The zero-order valence-electron chi connectivity index (χ0n) is 16.9. The standard InChI is InChI=1S/C22H24N6/c1-14-6-7-17(12-15(14)2)24-22-23-11-10-21(25-22)27(4)18-8-9-19-16(3)28(5)26-20(19)13-18/h6-13H,1-5H3,(H,23,24,25). The molecule has 0 fully saturated rings. The van der Waals surface area contributed by atoms with E-state index in [9.17, 15) is 0 Å². The summed E-state index contributed by atoms with van der Waals surface area (Å²) in [5.41, 5.74) is 6.64. The highest BCUT2D eigenvalue weighted by atomic mass is 15.3. The maximum atomic E-state index is 4.68. The molecule has 0 aliphatic rings. The van der Waals surface area contributed by atoms with Gasteiger partial charge in [-0.3, -0.25) is 4.68 Å². The van der Waals surface area contributed by atoms with Crippen LogP contribution in [0.3, 0.4) is 0 Å². The van der Waals surface area contributed by atoms with E-state index in [-0.39, 0.29) is 0 Å². The van der Waals surface area contributed by atoms with Crippen molar-refractivity contribution in [1.82, 2.24) is 19.7 Å². The Bertz CT molecular complexity index is 1160. The Hall–Kier alpha value is -3.41. The second-order valence-corrected chi connectivity index (χ2v) is 7.13. The van der Waals surface area contributed by atoms with Crippen molar-refractivity contribution in [3.8, 4) is 0 Å². The fourth-order valence-corrected chi connectivity index (χ4v) is 3.21. The van der Waals surface area contributed by atoms with E-state index < -0.39 is 0 Å². The Labute approximate surface area is 164 Å². The zero-order valence-corrected chi connectivity index (χ0v) is 16.9. The van der Waals surface area contributed by atoms with Crippen molar-refractivity contribution in [2.24, 2.45) is 7.05 Å². The van der Waals surface area contributed by atoms with Gasteiger partial charge < -0.3 is 10.2 Å². The summed E-state index contributed by atoms with van der Waals surface area (Å²) in [6.45, 7) is 6.28. The van der Waals surface area contributed by atoms with E-state index in [2.05, 4.69) is 71.5 Å². The summed E-state index contributed by atoms with van der Waals surface area (Å²) in [6.07, 6.45) is 1.77. The van der Waals surface area contributed by atoms with Crippen LogP contribution in [-0.4, -0.2) is 26.8 Å². The summed E-state index contributed by atoms with van der Waals surface area (Å²) in [6, 6.07) is 14.4. The molecule has 6 heteroatoms. The smallest absolute Gasteiger partial charge is 0.229 e. The minimum Gasteiger partial charge on any atom is -0.329 e. The van der Waals surface area contributed by atoms with Crippen LogP contribution in [0.2, 0.25) is 0 Å². The van der Waals surface area contributed by atoms with Gasteiger partial charge in [-0.2, -0.15) is 10.1 Å². The van der Waals surface area contributed by atoms with Crippen molar-refractivity contribution >= 4 is 34.0 Å². The molecule has 0 bridgehead atoms. The van der Waals surface area contributed by atoms with Gasteiger partial charge in [-0.15, -0.1) is 0 Å². The number of hydrogen-bond acceptors (Lipinski definition) is 5. The fraction of sp³-hybridized carbons (Fsp3) is 0.227. The Morgan fingerprint density at radius 3 is 2.57 bits per heavy atom. The predicted molar refractivity (Wildman–Crippen MR) is 115 cm³/mol. The minimum atomic E-state index is 0.572. The molecule has 0 atom stereocenters. The molecule has 0 amide bonds. The van der Waals surface area contributed by atoms with Gasteiger partial charge in [-0.05, 0) is 68.3 Å². The lowest BCUT2D eigenvalue weighted by Crippen LogP contribution is -2.12. The molecule has 0 aliphatic carbocycles. The maximum absolute atomic E-state index is 4.68. The summed E-state index contributed by atoms with van der Waals surface area (Å²) < 4.78 is 1.91. The van der Waals surface area contributed by atoms with Crippen LogP contribution < -0.4 is 10.2 Å². The topological polar surface area (TPSA) is 58.9 Å². The number of aryl methyl sites for hydroxylation is 4. The van der Waals surface area contributed by atoms with Gasteiger partial charge in [0.1, 0.15) is 5.82 Å². The Morgan fingerprint density at radius 1 is 0.964 bits per heavy atom. The first-order chi connectivity index (χ1) is 13.4. The average molecular weight is 372 g/mol. The second kappa shape index (κ2) is 6.96. The first-order valence-electron chi connectivity index (χ1n) is 9.27. The highest BCUT2D eigenvalue weighted by Gasteiger charge is 2.11. The molecule has 0 radical (unpaired) electrons. The summed E-state index contributed by atoms with van der Waals surface area (Å²) in [5.74, 6) is 1.38. The largest absolute Gasteiger partial charge is 0.329 e. The molecule has 142 valence electrons. The van der Waals surface area contributed by atoms with Crippen LogP contribution in [-0.2, 0) is 7.05 Å². The third-order valence-electron chi connectivity index (χ3n) is 5.25. The molecule has 28 heavy (non-hydrogen) atoms. The SMILES string of the molecule is Cc1ccc(Nc2nccc(N(C)c3ccc4c(C)n(C)nc4c3)n2)cc1C. The van der Waals surface area contributed by atoms with Crippen LogP contribution in [0.25, 0.3) is 10.9 Å². The van der Waals surface area contributed by atoms with Crippen molar-refractivity contribution < 1.29 is 0 Å². The highest BCUT2D eigenvalue weighted by molar-refractivity contribution is 5.85. The van der Waals surface area contributed by atoms with Gasteiger partial charge in [0.25, 0.3) is 0 Å². The van der Waals surface area contributed by atoms with Crippen LogP contribution in [0, 0.1) is 20.8 Å². The number of benzene rings is 2. The van der Waals surface area contributed by atoms with Crippen LogP contribution >= 0.6 is 0 Å². The molecule has 2 aromatic carbocycles. The average Bonchev–Trinajstić information content (AvgIpc) is 2.98. The van der Waals surface area contributed by atoms with E-state index >= 15 is 0 Å². The Morgan fingerprint density at radius 2 is 1.79 bits per heavy atom. The van der Waals surface area contributed by atoms with Gasteiger partial charge in [0.2, 0.25) is 5.95 Å². The fourth-order valence-electron chi connectivity index (χ4n) is 3.21. The lowest BCUT2D eigenvalue weighted by molar-refractivity contribution is 0.751. The molecule has 4 aromatic rings. The Balaban J connectivity index is 1.62. The molecule has 2 heterocycles. The molecule has 4 rings (SSSR count). The van der Waals surface area contributed by atoms with Crippen molar-refractivity contribution in [3.63, 3.8) is 0 Å². The molecule has 2 aromatic heterocycles. The second-order valence-electron chi connectivity index (χ2n) is 7.13. The quantitative estimate of drug-likeness (QED) is 0.558. The minimum absolute atomic E-state index is 0.572. The number of rotatable bonds is 4. The van der Waals surface area contributed by atoms with Gasteiger partial charge in [0.15, 0.2) is 0 Å². The summed E-state index contributed by atoms with van der Waals surface area (Å²) in [7, 11) is 3.97. The number of anilines is 4. The monoisotopic (exact) mass is 372 g/mol. The van der Waals surface area contributed by atoms with E-state index in [1.165, 1.54) is 16.5 Å². The van der Waals surface area contributed by atoms with Crippen LogP contribution in [0.15, 0.2) is 48.7 Å². The van der Waals surface area contributed by atoms with Gasteiger partial charge in [0.05, 0.1) is 5.52 Å². The number of fused-ring (bicyclic) bond motifs is 1. The van der Waals surface area contributed by atoms with Gasteiger partial charge in [-0.1, -0.05) is 6.07 Å². The molecular weight excluding hydrogens is 348 g/mol. The van der Waals surface area contributed by atoms with Gasteiger partial charge >= 0.3 is 0 Å². The predicted octanol–water partition coefficient (Wildman–Crippen LogP) is 4.80. The number of hydrogen-bond donors (Lipinski definition) is 1. The molecule has 0 unspecified atom stereocenters. The van der Waals surface area contributed by atoms with Crippen molar-refractivity contribution in [2.75, 3.05) is 17.3 Å². The third kappa shape index (κ3) is 3.29. The van der Waals surface area contributed by atoms with E-state index in [4.69, 9.17) is 0 Å². The summed E-state index contributed by atoms with van der Waals surface area (Å²) >= 11 is 0. The molecule has 6 nitrogen and oxygen atoms in total. The zero-order chi connectivity index (χ0) is 19.8. The van der Waals surface area contributed by atoms with E-state index in [1.54, 1.807) is 6.20 Å². The van der Waals surface area contributed by atoms with E-state index in [1.807, 2.05) is 35.8 Å². The lowest BCUT2D eigenvalue weighted by Gasteiger charge is -2.19. The van der Waals surface area contributed by atoms with Crippen LogP contribution in [0.5, 0.6) is 0 Å². The summed E-state index contributed by atoms with van der Waals surface area (Å²) in [5, 5.41) is 9.04. The number of nitrogens with one attached hydrogen (secondary N) is 1. The number of nitrogens with zero attached hydrogens (tertiary/aromatic N) is 5. The molecule has 0 aliphatic heterocycles. The lowest BCUT2D eigenvalue weighted by atomic mass is 10.1. The van der Waals surface area contributed by atoms with Crippen molar-refractivity contribution in [2.45, 2.75) is 20.8 Å². The maximum Gasteiger partial charge on any atom is 0.229 e. The van der Waals surface area contributed by atoms with Gasteiger partial charge in [-0.25, -0.2) is 4.98 Å². The van der Waals surface area contributed by atoms with Crippen LogP contribution in [0.4, 0.5) is 23.1 Å². The third-order valence-corrected chi connectivity index (χ3v) is 5.25. The molecule has 0 spiro atoms. The first kappa shape index (κ1) is 18.0. The number of aromatic nitrogens is 4. The first-order valence-corrected chi connectivity index (χ1v) is 9.27. The Kier molecular flexibility index (Phi) is 4.47. The highest BCUT2D eigenvalue weighted by Crippen LogP contribution is 2.27. The normalized spacial score (nSPS) is 11.0. The molecule has 0 saturated carbocycles.